The summed E-state index contributed by atoms with van der Waals surface area (Å²) in [6, 6.07) is 0. The molecule has 0 atom stereocenters. The van der Waals surface area contributed by atoms with Crippen LogP contribution in [-0.4, -0.2) is 0 Å². The Kier molecular flexibility index (Phi) is 7.01. The van der Waals surface area contributed by atoms with Gasteiger partial charge in [0.15, 0.2) is 0 Å². The van der Waals surface area contributed by atoms with E-state index in [1.165, 1.54) is 0 Å². The monoisotopic (exact) mass is 429 g/mol. The van der Waals surface area contributed by atoms with Crippen LogP contribution in [0.15, 0.2) is 0 Å². The third-order valence-corrected chi connectivity index (χ3v) is 8.80. The van der Waals surface area contributed by atoms with Crippen molar-refractivity contribution < 1.29 is 29.3 Å². The van der Waals surface area contributed by atoms with Crippen LogP contribution in [0.3, 0.4) is 0 Å². The quantitative estimate of drug-likeness (QED) is 0.426. The first kappa shape index (κ1) is 8.07. The third-order valence-electron chi connectivity index (χ3n) is 0.0697. The molecular weight excluding hydrogens is 429 g/mol. The Bertz CT molecular complexity index is 27.2. The fraction of sp³-hybridized carbons (Fsp3) is 0. The standard InChI is InChI=1S/I3O3/c1-2-6-3(4)5. The zero-order valence-corrected chi connectivity index (χ0v) is 8.83. The lowest BCUT2D eigenvalue weighted by Gasteiger charge is -1.79. The van der Waals surface area contributed by atoms with Gasteiger partial charge in [0.05, 0.1) is 0 Å². The van der Waals surface area contributed by atoms with Crippen molar-refractivity contribution in [2.45, 2.75) is 0 Å². The van der Waals surface area contributed by atoms with E-state index in [0.717, 1.165) is 0 Å². The molecule has 0 saturated heterocycles. The summed E-state index contributed by atoms with van der Waals surface area (Å²) in [7, 11) is 0. The fourth-order valence-corrected chi connectivity index (χ4v) is 5.43. The van der Waals surface area contributed by atoms with Crippen molar-refractivity contribution in [3.63, 3.8) is 0 Å². The van der Waals surface area contributed by atoms with E-state index in [1.54, 1.807) is 0 Å². The van der Waals surface area contributed by atoms with Crippen LogP contribution in [-0.2, 0) is 1.40 Å². The predicted molar refractivity (Wildman–Crippen MR) is 29.1 cm³/mol. The summed E-state index contributed by atoms with van der Waals surface area (Å²) in [6.07, 6.45) is 0. The molecule has 0 unspecified atom stereocenters. The second-order valence-corrected chi connectivity index (χ2v) is 6.52. The van der Waals surface area contributed by atoms with E-state index >= 15 is 0 Å². The van der Waals surface area contributed by atoms with Crippen molar-refractivity contribution in [2.75, 3.05) is 0 Å². The molecule has 0 aliphatic rings. The maximum absolute atomic E-state index is 9.53. The SMILES string of the molecule is [O-][I+2]([O-])O[I]I. The second kappa shape index (κ2) is 5.21. The Morgan fingerprint density at radius 1 is 1.67 bits per heavy atom. The van der Waals surface area contributed by atoms with E-state index in [-0.39, 0.29) is 0 Å². The maximum Gasteiger partial charge on any atom is 0.518 e. The van der Waals surface area contributed by atoms with E-state index in [1.807, 2.05) is 18.6 Å². The molecule has 3 nitrogen and oxygen atoms in total. The van der Waals surface area contributed by atoms with Crippen LogP contribution < -0.4 is 27.9 Å². The first-order chi connectivity index (χ1) is 2.77. The number of halogens is 3. The first-order valence-electron chi connectivity index (χ1n) is 0.760. The van der Waals surface area contributed by atoms with Crippen molar-refractivity contribution in [1.82, 2.24) is 0 Å². The molecule has 0 aliphatic heterocycles. The van der Waals surface area contributed by atoms with E-state index in [2.05, 4.69) is 1.40 Å². The summed E-state index contributed by atoms with van der Waals surface area (Å²) in [5, 5.41) is 0. The van der Waals surface area contributed by atoms with Crippen LogP contribution in [0.25, 0.3) is 0 Å². The van der Waals surface area contributed by atoms with Gasteiger partial charge in [-0.3, -0.25) is 0 Å². The molecule has 0 aromatic carbocycles. The average Bonchev–Trinajstić information content (AvgIpc) is 1.35. The maximum atomic E-state index is 9.53. The molecule has 0 spiro atoms. The smallest absolute Gasteiger partial charge is 0.395 e. The van der Waals surface area contributed by atoms with Gasteiger partial charge in [-0.05, 0) is 0 Å². The van der Waals surface area contributed by atoms with Gasteiger partial charge in [-0.1, -0.05) is 0 Å². The fourth-order valence-electron chi connectivity index (χ4n) is 0.0180. The minimum Gasteiger partial charge on any atom is -0.395 e. The lowest BCUT2D eigenvalue weighted by atomic mass is 16.0. The average molecular weight is 429 g/mol. The van der Waals surface area contributed by atoms with Gasteiger partial charge in [-0.25, -0.2) is 0 Å². The van der Waals surface area contributed by atoms with Gasteiger partial charge >= 0.3 is 21.1 Å². The molecule has 0 rings (SSSR count). The molecule has 1 radical (unpaired) electrons. The molecule has 0 heterocycles. The third kappa shape index (κ3) is 6.07. The summed E-state index contributed by atoms with van der Waals surface area (Å²) in [4.78, 5) is 0. The van der Waals surface area contributed by atoms with Crippen LogP contribution in [0.1, 0.15) is 0 Å². The highest BCUT2D eigenvalue weighted by Gasteiger charge is 2.08. The largest absolute Gasteiger partial charge is 0.518 e. The predicted octanol–water partition coefficient (Wildman–Crippen LogP) is -3.67. The molecule has 0 fully saturated rings. The van der Waals surface area contributed by atoms with Crippen molar-refractivity contribution in [3.05, 3.63) is 0 Å². The van der Waals surface area contributed by atoms with Gasteiger partial charge in [-0.15, -0.1) is 0 Å². The molecule has 6 heteroatoms. The van der Waals surface area contributed by atoms with Gasteiger partial charge in [-0.2, -0.15) is 0 Å². The summed E-state index contributed by atoms with van der Waals surface area (Å²) in [5.74, 6) is 0. The summed E-state index contributed by atoms with van der Waals surface area (Å²) in [5.41, 5.74) is 0. The summed E-state index contributed by atoms with van der Waals surface area (Å²) >= 11 is -1.85. The molecule has 6 heavy (non-hydrogen) atoms. The Morgan fingerprint density at radius 3 is 2.17 bits per heavy atom. The van der Waals surface area contributed by atoms with Gasteiger partial charge in [0.2, 0.25) is 17.6 Å². The molecule has 0 aliphatic carbocycles. The van der Waals surface area contributed by atoms with Crippen LogP contribution >= 0.6 is 36.3 Å². The molecule has 0 N–H and O–H groups in total. The van der Waals surface area contributed by atoms with E-state index in [4.69, 9.17) is 0 Å². The number of hydrogen-bond acceptors (Lipinski definition) is 3. The van der Waals surface area contributed by atoms with Crippen molar-refractivity contribution in [3.8, 4) is 0 Å². The zero-order valence-electron chi connectivity index (χ0n) is 2.36. The zero-order chi connectivity index (χ0) is 4.99. The topological polar surface area (TPSA) is 55.3 Å². The van der Waals surface area contributed by atoms with Crippen LogP contribution in [0, 0.1) is 0 Å². The summed E-state index contributed by atoms with van der Waals surface area (Å²) < 4.78 is 23.2. The minimum atomic E-state index is -3.27. The second-order valence-electron chi connectivity index (χ2n) is 0.306. The van der Waals surface area contributed by atoms with Crippen molar-refractivity contribution >= 4 is 36.3 Å². The molecule has 0 saturated carbocycles. The molecular formula is I3O3. The minimum absolute atomic E-state index is 0.518. The van der Waals surface area contributed by atoms with E-state index < -0.39 is 38.7 Å². The lowest BCUT2D eigenvalue weighted by Crippen LogP contribution is -3.98. The Hall–Kier alpha value is 2.07. The van der Waals surface area contributed by atoms with E-state index in [0.29, 0.717) is 0 Å². The van der Waals surface area contributed by atoms with Crippen molar-refractivity contribution in [1.29, 1.82) is 0 Å². The molecule has 39 valence electrons. The molecule has 0 bridgehead atoms. The van der Waals surface area contributed by atoms with Crippen molar-refractivity contribution in [2.24, 2.45) is 0 Å². The lowest BCUT2D eigenvalue weighted by molar-refractivity contribution is -1.62. The molecule has 0 aromatic rings. The highest BCUT2D eigenvalue weighted by atomic mass is 128. The van der Waals surface area contributed by atoms with Crippen LogP contribution in [0.2, 0.25) is 0 Å². The van der Waals surface area contributed by atoms with Crippen LogP contribution in [0.5, 0.6) is 0 Å². The summed E-state index contributed by atoms with van der Waals surface area (Å²) in [6.45, 7) is 0. The van der Waals surface area contributed by atoms with Crippen LogP contribution in [0.4, 0.5) is 0 Å². The number of hydrogen-bond donors (Lipinski definition) is 0. The highest BCUT2D eigenvalue weighted by molar-refractivity contribution is 15.1. The Labute approximate surface area is 64.5 Å². The van der Waals surface area contributed by atoms with E-state index in [9.17, 15) is 6.87 Å². The Morgan fingerprint density at radius 2 is 2.17 bits per heavy atom. The molecule has 0 aromatic heterocycles. The highest BCUT2D eigenvalue weighted by Crippen LogP contribution is 2.17. The van der Waals surface area contributed by atoms with Gasteiger partial charge in [0.1, 0.15) is 0 Å². The van der Waals surface area contributed by atoms with Gasteiger partial charge in [0, 0.05) is 20.0 Å². The number of rotatable bonds is 2. The molecule has 0 amide bonds. The van der Waals surface area contributed by atoms with Gasteiger partial charge < -0.3 is 6.87 Å². The van der Waals surface area contributed by atoms with Gasteiger partial charge in [0.25, 0.3) is 0 Å². The first-order valence-corrected chi connectivity index (χ1v) is 10.6. The Balaban J connectivity index is 2.63. The normalized spacial score (nSPS) is 10.0.